The highest BCUT2D eigenvalue weighted by atomic mass is 19.1. The quantitative estimate of drug-likeness (QED) is 0.855. The zero-order valence-electron chi connectivity index (χ0n) is 11.3. The van der Waals surface area contributed by atoms with E-state index in [-0.39, 0.29) is 11.5 Å². The van der Waals surface area contributed by atoms with Gasteiger partial charge in [-0.15, -0.1) is 0 Å². The number of nitrogens with one attached hydrogen (secondary N) is 1. The van der Waals surface area contributed by atoms with Crippen LogP contribution in [0.2, 0.25) is 0 Å². The van der Waals surface area contributed by atoms with Crippen molar-refractivity contribution in [2.75, 3.05) is 26.2 Å². The van der Waals surface area contributed by atoms with Crippen molar-refractivity contribution >= 4 is 5.91 Å². The van der Waals surface area contributed by atoms with Crippen LogP contribution < -0.4 is 5.32 Å². The molecule has 1 aromatic rings. The summed E-state index contributed by atoms with van der Waals surface area (Å²) >= 11 is 0. The summed E-state index contributed by atoms with van der Waals surface area (Å²) in [5, 5.41) is 3.37. The summed E-state index contributed by atoms with van der Waals surface area (Å²) in [7, 11) is 0. The summed E-state index contributed by atoms with van der Waals surface area (Å²) in [5.41, 5.74) is 0.282. The summed E-state index contributed by atoms with van der Waals surface area (Å²) < 4.78 is 26.5. The molecule has 0 atom stereocenters. The molecular weight excluding hydrogens is 262 g/mol. The molecule has 0 radical (unpaired) electrons. The third-order valence-corrected chi connectivity index (χ3v) is 4.60. The number of benzene rings is 1. The maximum atomic E-state index is 13.7. The molecular formula is C15H18F2N2O. The number of nitrogens with zero attached hydrogens (tertiary/aromatic N) is 1. The molecule has 2 heterocycles. The zero-order chi connectivity index (χ0) is 14.2. The van der Waals surface area contributed by atoms with E-state index >= 15 is 0 Å². The fourth-order valence-corrected chi connectivity index (χ4v) is 3.24. The van der Waals surface area contributed by atoms with Crippen LogP contribution in [-0.2, 0) is 0 Å². The van der Waals surface area contributed by atoms with E-state index in [9.17, 15) is 13.6 Å². The van der Waals surface area contributed by atoms with Crippen molar-refractivity contribution in [2.24, 2.45) is 5.41 Å². The van der Waals surface area contributed by atoms with Gasteiger partial charge in [0.2, 0.25) is 0 Å². The molecule has 0 saturated carbocycles. The molecule has 1 aromatic carbocycles. The number of piperidine rings is 1. The van der Waals surface area contributed by atoms with E-state index in [2.05, 4.69) is 5.32 Å². The number of carbonyl (C=O) groups excluding carboxylic acids is 1. The smallest absolute Gasteiger partial charge is 0.256 e. The minimum absolute atomic E-state index is 0.0353. The molecule has 20 heavy (non-hydrogen) atoms. The van der Waals surface area contributed by atoms with Gasteiger partial charge in [-0.1, -0.05) is 0 Å². The fraction of sp³-hybridized carbons (Fsp3) is 0.533. The Balaban J connectivity index is 1.69. The summed E-state index contributed by atoms with van der Waals surface area (Å²) in [4.78, 5) is 14.0. The number of hydrogen-bond acceptors (Lipinski definition) is 2. The molecule has 3 nitrogen and oxygen atoms in total. The van der Waals surface area contributed by atoms with Crippen LogP contribution in [0.15, 0.2) is 18.2 Å². The second kappa shape index (κ2) is 5.13. The van der Waals surface area contributed by atoms with Crippen molar-refractivity contribution in [3.63, 3.8) is 0 Å². The van der Waals surface area contributed by atoms with Crippen LogP contribution in [0.3, 0.4) is 0 Å². The van der Waals surface area contributed by atoms with Gasteiger partial charge in [0, 0.05) is 25.7 Å². The average molecular weight is 280 g/mol. The van der Waals surface area contributed by atoms with Gasteiger partial charge in [-0.2, -0.15) is 0 Å². The van der Waals surface area contributed by atoms with E-state index in [4.69, 9.17) is 0 Å². The molecule has 2 saturated heterocycles. The van der Waals surface area contributed by atoms with Crippen molar-refractivity contribution < 1.29 is 13.6 Å². The van der Waals surface area contributed by atoms with E-state index in [1.54, 1.807) is 4.90 Å². The van der Waals surface area contributed by atoms with Crippen LogP contribution in [0, 0.1) is 17.0 Å². The Kier molecular flexibility index (Phi) is 3.46. The summed E-state index contributed by atoms with van der Waals surface area (Å²) in [6.07, 6.45) is 3.06. The molecule has 1 N–H and O–H groups in total. The lowest BCUT2D eigenvalue weighted by Crippen LogP contribution is -2.44. The number of likely N-dealkylation sites (tertiary alicyclic amines) is 1. The normalized spacial score (nSPS) is 21.4. The first-order valence-electron chi connectivity index (χ1n) is 7.05. The summed E-state index contributed by atoms with van der Waals surface area (Å²) in [6.45, 7) is 3.36. The van der Waals surface area contributed by atoms with Crippen molar-refractivity contribution in [2.45, 2.75) is 19.3 Å². The second-order valence-corrected chi connectivity index (χ2v) is 5.84. The van der Waals surface area contributed by atoms with Crippen LogP contribution in [0.25, 0.3) is 0 Å². The number of hydrogen-bond donors (Lipinski definition) is 1. The topological polar surface area (TPSA) is 32.3 Å². The summed E-state index contributed by atoms with van der Waals surface area (Å²) in [5.74, 6) is -1.77. The van der Waals surface area contributed by atoms with Gasteiger partial charge < -0.3 is 10.2 Å². The Labute approximate surface area is 117 Å². The average Bonchev–Trinajstić information content (AvgIpc) is 2.87. The molecule has 0 aromatic heterocycles. The van der Waals surface area contributed by atoms with Gasteiger partial charge in [-0.05, 0) is 43.4 Å². The van der Waals surface area contributed by atoms with E-state index in [0.717, 1.165) is 44.5 Å². The lowest BCUT2D eigenvalue weighted by atomic mass is 9.78. The van der Waals surface area contributed by atoms with E-state index in [1.807, 2.05) is 0 Å². The van der Waals surface area contributed by atoms with E-state index in [0.29, 0.717) is 18.5 Å². The lowest BCUT2D eigenvalue weighted by molar-refractivity contribution is 0.0603. The number of carbonyl (C=O) groups is 1. The van der Waals surface area contributed by atoms with Gasteiger partial charge in [0.05, 0.1) is 5.56 Å². The Morgan fingerprint density at radius 1 is 1.20 bits per heavy atom. The third-order valence-electron chi connectivity index (χ3n) is 4.60. The van der Waals surface area contributed by atoms with Crippen molar-refractivity contribution in [3.8, 4) is 0 Å². The van der Waals surface area contributed by atoms with Crippen molar-refractivity contribution in [3.05, 3.63) is 35.4 Å². The molecule has 2 fully saturated rings. The number of amides is 1. The van der Waals surface area contributed by atoms with Crippen molar-refractivity contribution in [1.82, 2.24) is 10.2 Å². The number of halogens is 2. The predicted molar refractivity (Wildman–Crippen MR) is 71.4 cm³/mol. The maximum absolute atomic E-state index is 13.7. The predicted octanol–water partition coefficient (Wildman–Crippen LogP) is 2.18. The van der Waals surface area contributed by atoms with Gasteiger partial charge in [0.15, 0.2) is 0 Å². The molecule has 1 spiro atoms. The minimum Gasteiger partial charge on any atom is -0.339 e. The Morgan fingerprint density at radius 3 is 2.55 bits per heavy atom. The molecule has 0 unspecified atom stereocenters. The van der Waals surface area contributed by atoms with Crippen LogP contribution in [0.1, 0.15) is 29.6 Å². The highest BCUT2D eigenvalue weighted by Gasteiger charge is 2.38. The van der Waals surface area contributed by atoms with E-state index < -0.39 is 11.6 Å². The molecule has 2 aliphatic rings. The third kappa shape index (κ3) is 2.42. The minimum atomic E-state index is -0.780. The molecule has 0 aliphatic carbocycles. The zero-order valence-corrected chi connectivity index (χ0v) is 11.3. The first-order valence-corrected chi connectivity index (χ1v) is 7.05. The molecule has 5 heteroatoms. The second-order valence-electron chi connectivity index (χ2n) is 5.84. The largest absolute Gasteiger partial charge is 0.339 e. The van der Waals surface area contributed by atoms with Crippen LogP contribution in [0.5, 0.6) is 0 Å². The SMILES string of the molecule is O=C(c1ccc(F)cc1F)N1CCC2(CCNC2)CC1. The molecule has 1 amide bonds. The number of rotatable bonds is 1. The monoisotopic (exact) mass is 280 g/mol. The fourth-order valence-electron chi connectivity index (χ4n) is 3.24. The van der Waals surface area contributed by atoms with Gasteiger partial charge in [0.25, 0.3) is 5.91 Å². The Morgan fingerprint density at radius 2 is 1.95 bits per heavy atom. The lowest BCUT2D eigenvalue weighted by Gasteiger charge is -2.38. The molecule has 3 rings (SSSR count). The van der Waals surface area contributed by atoms with Crippen LogP contribution in [0.4, 0.5) is 8.78 Å². The van der Waals surface area contributed by atoms with Crippen LogP contribution in [-0.4, -0.2) is 37.0 Å². The highest BCUT2D eigenvalue weighted by Crippen LogP contribution is 2.37. The van der Waals surface area contributed by atoms with Gasteiger partial charge in [-0.25, -0.2) is 8.78 Å². The molecule has 0 bridgehead atoms. The molecule has 108 valence electrons. The Hall–Kier alpha value is -1.49. The molecule has 2 aliphatic heterocycles. The van der Waals surface area contributed by atoms with E-state index in [1.165, 1.54) is 6.07 Å². The van der Waals surface area contributed by atoms with Crippen molar-refractivity contribution in [1.29, 1.82) is 0 Å². The first-order chi connectivity index (χ1) is 9.60. The van der Waals surface area contributed by atoms with Gasteiger partial charge in [0.1, 0.15) is 11.6 Å². The van der Waals surface area contributed by atoms with Gasteiger partial charge >= 0.3 is 0 Å². The van der Waals surface area contributed by atoms with Crippen LogP contribution >= 0.6 is 0 Å². The van der Waals surface area contributed by atoms with Gasteiger partial charge in [-0.3, -0.25) is 4.79 Å². The maximum Gasteiger partial charge on any atom is 0.256 e. The standard InChI is InChI=1S/C15H18F2N2O/c16-11-1-2-12(13(17)9-11)14(20)19-7-4-15(5-8-19)3-6-18-10-15/h1-2,9,18H,3-8,10H2. The first kappa shape index (κ1) is 13.5. The Bertz CT molecular complexity index is 517. The highest BCUT2D eigenvalue weighted by molar-refractivity contribution is 5.94. The summed E-state index contributed by atoms with van der Waals surface area (Å²) in [6, 6.07) is 3.12.